The molecule has 1 aromatic carbocycles. The predicted molar refractivity (Wildman–Crippen MR) is 132 cm³/mol. The third-order valence-electron chi connectivity index (χ3n) is 4.38. The van der Waals surface area contributed by atoms with Gasteiger partial charge in [0.25, 0.3) is 5.69 Å². The fourth-order valence-electron chi connectivity index (χ4n) is 2.59. The summed E-state index contributed by atoms with van der Waals surface area (Å²) in [6.45, 7) is 7.78. The number of aliphatic hydroxyl groups excluding tert-OH is 1. The van der Waals surface area contributed by atoms with E-state index in [1.54, 1.807) is 12.1 Å². The van der Waals surface area contributed by atoms with Crippen molar-refractivity contribution >= 4 is 5.69 Å². The molecule has 0 heterocycles. The van der Waals surface area contributed by atoms with Gasteiger partial charge in [-0.15, -0.1) is 0 Å². The quantitative estimate of drug-likeness (QED) is 0.0931. The van der Waals surface area contributed by atoms with Crippen molar-refractivity contribution in [3.05, 3.63) is 34.4 Å². The van der Waals surface area contributed by atoms with Gasteiger partial charge in [-0.1, -0.05) is 0 Å². The van der Waals surface area contributed by atoms with Crippen molar-refractivity contribution in [2.45, 2.75) is 0 Å². The number of hydrogen-bond acceptors (Lipinski definition) is 12. The first-order valence-corrected chi connectivity index (χ1v) is 12.3. The molecule has 13 heteroatoms. The lowest BCUT2D eigenvalue weighted by molar-refractivity contribution is -0.384. The van der Waals surface area contributed by atoms with Gasteiger partial charge in [0.1, 0.15) is 12.4 Å². The van der Waals surface area contributed by atoms with E-state index < -0.39 is 4.92 Å². The van der Waals surface area contributed by atoms with Crippen LogP contribution in [0.25, 0.3) is 0 Å². The molecule has 1 rings (SSSR count). The SMILES string of the molecule is O=[N+]([O-])c1ccc(OCCOCCOCCOCCOCCOCCOCCOCCOCCO)cc1. The lowest BCUT2D eigenvalue weighted by Crippen LogP contribution is -2.15. The van der Waals surface area contributed by atoms with Gasteiger partial charge in [-0.25, -0.2) is 0 Å². The van der Waals surface area contributed by atoms with Gasteiger partial charge in [-0.2, -0.15) is 0 Å². The number of nitro benzene ring substituents is 1. The van der Waals surface area contributed by atoms with Gasteiger partial charge in [-0.05, 0) is 12.1 Å². The standard InChI is InChI=1S/C24H41NO12/c26-5-6-29-7-8-30-9-10-31-11-12-32-13-14-33-15-16-34-17-18-35-19-20-36-21-22-37-24-3-1-23(2-4-24)25(27)28/h1-4,26H,5-22H2. The Balaban J connectivity index is 1.69. The zero-order chi connectivity index (χ0) is 26.7. The molecule has 13 nitrogen and oxygen atoms in total. The second kappa shape index (κ2) is 25.7. The normalized spacial score (nSPS) is 11.2. The topological polar surface area (TPSA) is 146 Å². The van der Waals surface area contributed by atoms with Crippen molar-refractivity contribution < 1.29 is 52.7 Å². The summed E-state index contributed by atoms with van der Waals surface area (Å²) >= 11 is 0. The highest BCUT2D eigenvalue weighted by molar-refractivity contribution is 5.35. The average molecular weight is 536 g/mol. The maximum Gasteiger partial charge on any atom is 0.269 e. The van der Waals surface area contributed by atoms with Crippen molar-refractivity contribution in [3.63, 3.8) is 0 Å². The molecule has 0 amide bonds. The van der Waals surface area contributed by atoms with Crippen molar-refractivity contribution in [3.8, 4) is 5.75 Å². The second-order valence-electron chi connectivity index (χ2n) is 7.22. The molecule has 0 unspecified atom stereocenters. The van der Waals surface area contributed by atoms with E-state index in [4.69, 9.17) is 47.7 Å². The maximum absolute atomic E-state index is 10.6. The summed E-state index contributed by atoms with van der Waals surface area (Å²) in [6.07, 6.45) is 0. The van der Waals surface area contributed by atoms with E-state index in [9.17, 15) is 10.1 Å². The molecule has 0 fully saturated rings. The number of rotatable bonds is 28. The zero-order valence-corrected chi connectivity index (χ0v) is 21.4. The van der Waals surface area contributed by atoms with Crippen LogP contribution in [0.5, 0.6) is 5.75 Å². The van der Waals surface area contributed by atoms with Gasteiger partial charge in [0, 0.05) is 12.1 Å². The van der Waals surface area contributed by atoms with Crippen LogP contribution in [0, 0.1) is 10.1 Å². The third-order valence-corrected chi connectivity index (χ3v) is 4.38. The number of non-ortho nitro benzene ring substituents is 1. The van der Waals surface area contributed by atoms with Gasteiger partial charge in [0.05, 0.1) is 117 Å². The first kappa shape index (κ1) is 33.1. The molecule has 0 atom stereocenters. The highest BCUT2D eigenvalue weighted by Gasteiger charge is 2.04. The van der Waals surface area contributed by atoms with Gasteiger partial charge in [0.15, 0.2) is 0 Å². The van der Waals surface area contributed by atoms with Crippen LogP contribution in [0.1, 0.15) is 0 Å². The van der Waals surface area contributed by atoms with Gasteiger partial charge < -0.3 is 47.7 Å². The lowest BCUT2D eigenvalue weighted by Gasteiger charge is -2.09. The van der Waals surface area contributed by atoms with Crippen LogP contribution < -0.4 is 4.74 Å². The van der Waals surface area contributed by atoms with E-state index in [1.807, 2.05) is 0 Å². The number of ether oxygens (including phenoxy) is 9. The van der Waals surface area contributed by atoms with Crippen molar-refractivity contribution in [1.29, 1.82) is 0 Å². The summed E-state index contributed by atoms with van der Waals surface area (Å²) < 4.78 is 48.3. The van der Waals surface area contributed by atoms with Gasteiger partial charge in [0.2, 0.25) is 0 Å². The molecule has 0 saturated heterocycles. The largest absolute Gasteiger partial charge is 0.491 e. The Bertz CT molecular complexity index is 635. The summed E-state index contributed by atoms with van der Waals surface area (Å²) in [6, 6.07) is 5.90. The number of benzene rings is 1. The molecule has 214 valence electrons. The van der Waals surface area contributed by atoms with E-state index >= 15 is 0 Å². The smallest absolute Gasteiger partial charge is 0.269 e. The van der Waals surface area contributed by atoms with Crippen LogP contribution in [-0.4, -0.2) is 129 Å². The van der Waals surface area contributed by atoms with Crippen molar-refractivity contribution in [2.75, 3.05) is 119 Å². The first-order valence-electron chi connectivity index (χ1n) is 12.3. The van der Waals surface area contributed by atoms with E-state index in [0.29, 0.717) is 118 Å². The van der Waals surface area contributed by atoms with Crippen LogP contribution in [0.4, 0.5) is 5.69 Å². The van der Waals surface area contributed by atoms with E-state index in [-0.39, 0.29) is 12.3 Å². The molecular weight excluding hydrogens is 494 g/mol. The Morgan fingerprint density at radius 1 is 0.514 bits per heavy atom. The van der Waals surface area contributed by atoms with E-state index in [0.717, 1.165) is 0 Å². The van der Waals surface area contributed by atoms with E-state index in [1.165, 1.54) is 12.1 Å². The summed E-state index contributed by atoms with van der Waals surface area (Å²) in [5, 5.41) is 19.2. The number of nitro groups is 1. The number of hydrogen-bond donors (Lipinski definition) is 1. The number of aliphatic hydroxyl groups is 1. The minimum atomic E-state index is -0.454. The molecule has 0 radical (unpaired) electrons. The Morgan fingerprint density at radius 3 is 1.11 bits per heavy atom. The molecule has 0 aliphatic rings. The Morgan fingerprint density at radius 2 is 0.811 bits per heavy atom. The minimum Gasteiger partial charge on any atom is -0.491 e. The fourth-order valence-corrected chi connectivity index (χ4v) is 2.59. The molecule has 0 spiro atoms. The summed E-state index contributed by atoms with van der Waals surface area (Å²) in [4.78, 5) is 10.1. The monoisotopic (exact) mass is 535 g/mol. The molecule has 0 aliphatic carbocycles. The van der Waals surface area contributed by atoms with Gasteiger partial charge >= 0.3 is 0 Å². The van der Waals surface area contributed by atoms with Crippen molar-refractivity contribution in [2.24, 2.45) is 0 Å². The molecular formula is C24H41NO12. The predicted octanol–water partition coefficient (Wildman–Crippen LogP) is 1.10. The van der Waals surface area contributed by atoms with Crippen LogP contribution in [0.3, 0.4) is 0 Å². The Hall–Kier alpha value is -1.94. The van der Waals surface area contributed by atoms with Crippen molar-refractivity contribution in [1.82, 2.24) is 0 Å². The molecule has 1 aromatic rings. The van der Waals surface area contributed by atoms with Crippen LogP contribution in [0.15, 0.2) is 24.3 Å². The highest BCUT2D eigenvalue weighted by atomic mass is 16.6. The first-order chi connectivity index (χ1) is 18.2. The zero-order valence-electron chi connectivity index (χ0n) is 21.4. The molecule has 0 saturated carbocycles. The summed E-state index contributed by atoms with van der Waals surface area (Å²) in [7, 11) is 0. The van der Waals surface area contributed by atoms with E-state index in [2.05, 4.69) is 0 Å². The lowest BCUT2D eigenvalue weighted by atomic mass is 10.3. The summed E-state index contributed by atoms with van der Waals surface area (Å²) in [5.74, 6) is 0.556. The van der Waals surface area contributed by atoms with Crippen LogP contribution in [0.2, 0.25) is 0 Å². The Kier molecular flexibility index (Phi) is 23.0. The molecule has 0 bridgehead atoms. The molecule has 0 aromatic heterocycles. The molecule has 37 heavy (non-hydrogen) atoms. The van der Waals surface area contributed by atoms with Gasteiger partial charge in [-0.3, -0.25) is 10.1 Å². The van der Waals surface area contributed by atoms with Crippen LogP contribution >= 0.6 is 0 Å². The third kappa shape index (κ3) is 21.8. The fraction of sp³-hybridized carbons (Fsp3) is 0.750. The Labute approximate surface area is 217 Å². The molecule has 1 N–H and O–H groups in total. The second-order valence-corrected chi connectivity index (χ2v) is 7.22. The summed E-state index contributed by atoms with van der Waals surface area (Å²) in [5.41, 5.74) is 0.0258. The maximum atomic E-state index is 10.6. The minimum absolute atomic E-state index is 0.0196. The number of nitrogens with zero attached hydrogens (tertiary/aromatic N) is 1. The van der Waals surface area contributed by atoms with Crippen LogP contribution in [-0.2, 0) is 37.9 Å². The average Bonchev–Trinajstić information content (AvgIpc) is 2.91. The highest BCUT2D eigenvalue weighted by Crippen LogP contribution is 2.17. The molecule has 0 aliphatic heterocycles.